The molecule has 3 rings (SSSR count). The predicted octanol–water partition coefficient (Wildman–Crippen LogP) is 3.77. The Balaban J connectivity index is 2.23. The van der Waals surface area contributed by atoms with Gasteiger partial charge in [-0.2, -0.15) is 0 Å². The van der Waals surface area contributed by atoms with Gasteiger partial charge in [-0.05, 0) is 38.0 Å². The van der Waals surface area contributed by atoms with Gasteiger partial charge in [-0.3, -0.25) is 0 Å². The van der Waals surface area contributed by atoms with Crippen molar-refractivity contribution >= 4 is 22.4 Å². The molecule has 0 saturated carbocycles. The van der Waals surface area contributed by atoms with E-state index >= 15 is 0 Å². The average molecular weight is 261 g/mol. The van der Waals surface area contributed by atoms with E-state index < -0.39 is 0 Å². The molecule has 18 heavy (non-hydrogen) atoms. The monoisotopic (exact) mass is 261 g/mol. The molecule has 2 aliphatic rings. The molecule has 0 bridgehead atoms. The van der Waals surface area contributed by atoms with Crippen LogP contribution in [0.2, 0.25) is 0 Å². The van der Waals surface area contributed by atoms with Crippen LogP contribution in [-0.4, -0.2) is 25.4 Å². The number of fused-ring (bicyclic) bond motifs is 2. The minimum Gasteiger partial charge on any atom is -0.497 e. The third kappa shape index (κ3) is 1.50. The highest BCUT2D eigenvalue weighted by Crippen LogP contribution is 2.52. The molecule has 2 heterocycles. The van der Waals surface area contributed by atoms with E-state index in [4.69, 9.17) is 4.74 Å². The Kier molecular flexibility index (Phi) is 2.63. The van der Waals surface area contributed by atoms with Crippen molar-refractivity contribution in [2.24, 2.45) is 0 Å². The molecule has 0 aromatic heterocycles. The summed E-state index contributed by atoms with van der Waals surface area (Å²) in [5, 5.41) is 0. The van der Waals surface area contributed by atoms with Crippen LogP contribution in [0, 0.1) is 0 Å². The van der Waals surface area contributed by atoms with Gasteiger partial charge in [0.15, 0.2) is 0 Å². The van der Waals surface area contributed by atoms with Gasteiger partial charge >= 0.3 is 0 Å². The summed E-state index contributed by atoms with van der Waals surface area (Å²) in [6.07, 6.45) is 1.21. The van der Waals surface area contributed by atoms with Crippen LogP contribution in [0.1, 0.15) is 25.8 Å². The predicted molar refractivity (Wildman–Crippen MR) is 79.5 cm³/mol. The molecule has 1 aromatic rings. The number of likely N-dealkylation sites (N-methyl/N-ethyl adjacent to an activating group) is 1. The summed E-state index contributed by atoms with van der Waals surface area (Å²) in [5.74, 6) is 2.15. The maximum absolute atomic E-state index is 5.36. The highest BCUT2D eigenvalue weighted by molar-refractivity contribution is 8.08. The van der Waals surface area contributed by atoms with E-state index in [0.29, 0.717) is 0 Å². The minimum atomic E-state index is 0.109. The van der Waals surface area contributed by atoms with Crippen molar-refractivity contribution in [2.75, 3.05) is 24.8 Å². The molecule has 0 fully saturated rings. The van der Waals surface area contributed by atoms with E-state index in [-0.39, 0.29) is 5.54 Å². The number of ether oxygens (including phenoxy) is 1. The zero-order valence-electron chi connectivity index (χ0n) is 11.4. The first-order valence-electron chi connectivity index (χ1n) is 6.34. The lowest BCUT2D eigenvalue weighted by molar-refractivity contribution is 0.414. The fourth-order valence-electron chi connectivity index (χ4n) is 2.89. The van der Waals surface area contributed by atoms with Crippen molar-refractivity contribution in [2.45, 2.75) is 25.8 Å². The first-order chi connectivity index (χ1) is 8.55. The first kappa shape index (κ1) is 12.0. The molecule has 0 N–H and O–H groups in total. The second-order valence-corrected chi connectivity index (χ2v) is 6.51. The maximum Gasteiger partial charge on any atom is 0.120 e. The number of hydrogen-bond acceptors (Lipinski definition) is 3. The number of methoxy groups -OCH3 is 1. The van der Waals surface area contributed by atoms with Crippen LogP contribution in [0.5, 0.6) is 5.75 Å². The Bertz CT molecular complexity index is 533. The van der Waals surface area contributed by atoms with Gasteiger partial charge in [0.05, 0.1) is 12.6 Å². The summed E-state index contributed by atoms with van der Waals surface area (Å²) < 4.78 is 5.36. The third-order valence-electron chi connectivity index (χ3n) is 4.26. The summed E-state index contributed by atoms with van der Waals surface area (Å²) in [6, 6.07) is 6.42. The van der Waals surface area contributed by atoms with Crippen molar-refractivity contribution in [1.29, 1.82) is 0 Å². The summed E-state index contributed by atoms with van der Waals surface area (Å²) in [4.78, 5) is 3.88. The highest BCUT2D eigenvalue weighted by Gasteiger charge is 2.39. The molecule has 0 amide bonds. The van der Waals surface area contributed by atoms with Gasteiger partial charge in [-0.15, -0.1) is 11.8 Å². The highest BCUT2D eigenvalue weighted by atomic mass is 32.2. The molecule has 1 aromatic carbocycles. The second-order valence-electron chi connectivity index (χ2n) is 5.41. The van der Waals surface area contributed by atoms with E-state index in [9.17, 15) is 0 Å². The summed E-state index contributed by atoms with van der Waals surface area (Å²) in [5.41, 5.74) is 4.35. The Morgan fingerprint density at radius 1 is 1.33 bits per heavy atom. The van der Waals surface area contributed by atoms with Crippen LogP contribution < -0.4 is 9.64 Å². The van der Waals surface area contributed by atoms with Crippen molar-refractivity contribution in [3.05, 3.63) is 29.3 Å². The van der Waals surface area contributed by atoms with Crippen molar-refractivity contribution < 1.29 is 4.74 Å². The standard InChI is InChI=1S/C15H19NOS/c1-15(2)12-7-8-18-14(12)11-6-5-10(17-4)9-13(11)16(15)3/h5-6,9H,7-8H2,1-4H3. The van der Waals surface area contributed by atoms with Crippen molar-refractivity contribution in [3.63, 3.8) is 0 Å². The molecule has 0 unspecified atom stereocenters. The average Bonchev–Trinajstić information content (AvgIpc) is 2.86. The Morgan fingerprint density at radius 2 is 2.11 bits per heavy atom. The molecule has 0 saturated heterocycles. The zero-order chi connectivity index (χ0) is 12.9. The fraction of sp³-hybridized carbons (Fsp3) is 0.467. The number of hydrogen-bond donors (Lipinski definition) is 0. The number of thioether (sulfide) groups is 1. The number of rotatable bonds is 1. The Labute approximate surface area is 113 Å². The normalized spacial score (nSPS) is 20.8. The Morgan fingerprint density at radius 3 is 2.83 bits per heavy atom. The zero-order valence-corrected chi connectivity index (χ0v) is 12.2. The first-order valence-corrected chi connectivity index (χ1v) is 7.33. The van der Waals surface area contributed by atoms with Gasteiger partial charge in [0.1, 0.15) is 5.75 Å². The van der Waals surface area contributed by atoms with Gasteiger partial charge in [0.2, 0.25) is 0 Å². The summed E-state index contributed by atoms with van der Waals surface area (Å²) in [7, 11) is 3.91. The second kappa shape index (κ2) is 3.95. The van der Waals surface area contributed by atoms with E-state index in [1.807, 2.05) is 11.8 Å². The largest absolute Gasteiger partial charge is 0.497 e. The van der Waals surface area contributed by atoms with Crippen LogP contribution in [0.25, 0.3) is 4.91 Å². The molecular weight excluding hydrogens is 242 g/mol. The van der Waals surface area contributed by atoms with Crippen LogP contribution in [0.15, 0.2) is 23.8 Å². The van der Waals surface area contributed by atoms with Gasteiger partial charge in [-0.25, -0.2) is 0 Å². The molecule has 0 atom stereocenters. The van der Waals surface area contributed by atoms with Gasteiger partial charge < -0.3 is 9.64 Å². The number of nitrogens with zero attached hydrogens (tertiary/aromatic N) is 1. The Hall–Kier alpha value is -1.09. The SMILES string of the molecule is COc1ccc2c(c1)N(C)C(C)(C)C1=C2SCC1. The van der Waals surface area contributed by atoms with E-state index in [0.717, 1.165) is 5.75 Å². The topological polar surface area (TPSA) is 12.5 Å². The van der Waals surface area contributed by atoms with Crippen molar-refractivity contribution in [1.82, 2.24) is 0 Å². The van der Waals surface area contributed by atoms with Crippen LogP contribution in [-0.2, 0) is 0 Å². The van der Waals surface area contributed by atoms with Gasteiger partial charge in [-0.1, -0.05) is 0 Å². The lowest BCUT2D eigenvalue weighted by Gasteiger charge is -2.44. The molecule has 2 nitrogen and oxygen atoms in total. The number of benzene rings is 1. The van der Waals surface area contributed by atoms with Gasteiger partial charge in [0.25, 0.3) is 0 Å². The van der Waals surface area contributed by atoms with Crippen LogP contribution in [0.4, 0.5) is 5.69 Å². The van der Waals surface area contributed by atoms with Crippen LogP contribution in [0.3, 0.4) is 0 Å². The number of anilines is 1. The molecule has 0 aliphatic carbocycles. The molecule has 0 spiro atoms. The molecule has 0 radical (unpaired) electrons. The van der Waals surface area contributed by atoms with E-state index in [2.05, 4.69) is 44.0 Å². The van der Waals surface area contributed by atoms with Crippen LogP contribution >= 0.6 is 11.8 Å². The maximum atomic E-state index is 5.36. The van der Waals surface area contributed by atoms with E-state index in [1.165, 1.54) is 28.3 Å². The third-order valence-corrected chi connectivity index (χ3v) is 5.42. The van der Waals surface area contributed by atoms with Crippen molar-refractivity contribution in [3.8, 4) is 5.75 Å². The lowest BCUT2D eigenvalue weighted by Crippen LogP contribution is -2.45. The smallest absolute Gasteiger partial charge is 0.120 e. The molecule has 96 valence electrons. The fourth-order valence-corrected chi connectivity index (χ4v) is 4.26. The summed E-state index contributed by atoms with van der Waals surface area (Å²) >= 11 is 2.00. The van der Waals surface area contributed by atoms with Gasteiger partial charge in [0, 0.05) is 35.0 Å². The van der Waals surface area contributed by atoms with E-state index in [1.54, 1.807) is 12.7 Å². The molecule has 3 heteroatoms. The lowest BCUT2D eigenvalue weighted by atomic mass is 9.84. The molecule has 2 aliphatic heterocycles. The summed E-state index contributed by atoms with van der Waals surface area (Å²) in [6.45, 7) is 4.63. The molecular formula is C15H19NOS. The minimum absolute atomic E-state index is 0.109. The quantitative estimate of drug-likeness (QED) is 0.763.